The molecule has 2 aliphatic heterocycles. The molecular formula is C36H35N9. The van der Waals surface area contributed by atoms with Crippen molar-refractivity contribution in [3.8, 4) is 22.4 Å². The lowest BCUT2D eigenvalue weighted by Crippen LogP contribution is -2.32. The molecule has 0 amide bonds. The molecule has 9 nitrogen and oxygen atoms in total. The average molecular weight is 594 g/mol. The molecule has 1 atom stereocenters. The number of piperidine rings is 1. The summed E-state index contributed by atoms with van der Waals surface area (Å²) in [5.41, 5.74) is 8.95. The van der Waals surface area contributed by atoms with E-state index in [4.69, 9.17) is 15.0 Å². The van der Waals surface area contributed by atoms with Gasteiger partial charge < -0.3 is 0 Å². The number of aryl methyl sites for hydroxylation is 1. The Labute approximate surface area is 261 Å². The maximum Gasteiger partial charge on any atom is 0.199 e. The van der Waals surface area contributed by atoms with Crippen LogP contribution in [0.15, 0.2) is 90.1 Å². The summed E-state index contributed by atoms with van der Waals surface area (Å²) in [5, 5.41) is 13.3. The lowest BCUT2D eigenvalue weighted by molar-refractivity contribution is 0.202. The zero-order valence-corrected chi connectivity index (χ0v) is 25.6. The zero-order valence-electron chi connectivity index (χ0n) is 25.6. The third kappa shape index (κ3) is 5.44. The van der Waals surface area contributed by atoms with Gasteiger partial charge in [0, 0.05) is 41.2 Å². The van der Waals surface area contributed by atoms with Gasteiger partial charge in [0.25, 0.3) is 0 Å². The van der Waals surface area contributed by atoms with Crippen molar-refractivity contribution in [2.24, 2.45) is 4.99 Å². The van der Waals surface area contributed by atoms with Crippen molar-refractivity contribution >= 4 is 22.4 Å². The number of fused-ring (bicyclic) bond motifs is 3. The third-order valence-corrected chi connectivity index (χ3v) is 8.92. The number of hydrogen-bond acceptors (Lipinski definition) is 7. The van der Waals surface area contributed by atoms with Gasteiger partial charge in [-0.25, -0.2) is 15.0 Å². The number of dihydropyridines is 1. The second kappa shape index (κ2) is 11.5. The predicted molar refractivity (Wildman–Crippen MR) is 177 cm³/mol. The Balaban J connectivity index is 1.00. The SMILES string of the molecule is Cc1cc2ncc3cc(-c4ccccc4)c(-c4ccc(CN5CCC(c6nc(C7=N[C@H](C)CC=C7)n[nH]6)CC5)cc4)nc3n2n1. The molecule has 2 aromatic carbocycles. The molecule has 6 aromatic rings. The summed E-state index contributed by atoms with van der Waals surface area (Å²) in [5.74, 6) is 2.09. The molecule has 224 valence electrons. The van der Waals surface area contributed by atoms with Crippen molar-refractivity contribution in [2.75, 3.05) is 13.1 Å². The molecule has 1 saturated heterocycles. The minimum absolute atomic E-state index is 0.286. The first-order valence-electron chi connectivity index (χ1n) is 15.8. The third-order valence-electron chi connectivity index (χ3n) is 8.92. The monoisotopic (exact) mass is 593 g/mol. The molecule has 0 unspecified atom stereocenters. The summed E-state index contributed by atoms with van der Waals surface area (Å²) in [6, 6.07) is 23.8. The first-order chi connectivity index (χ1) is 22.1. The molecule has 0 aliphatic carbocycles. The fourth-order valence-electron chi connectivity index (χ4n) is 6.52. The van der Waals surface area contributed by atoms with Gasteiger partial charge in [-0.1, -0.05) is 60.7 Å². The highest BCUT2D eigenvalue weighted by molar-refractivity contribution is 6.06. The average Bonchev–Trinajstić information content (AvgIpc) is 3.72. The Hall–Kier alpha value is -5.02. The second-order valence-corrected chi connectivity index (χ2v) is 12.3. The maximum absolute atomic E-state index is 5.21. The van der Waals surface area contributed by atoms with E-state index in [0.29, 0.717) is 11.7 Å². The van der Waals surface area contributed by atoms with Crippen LogP contribution in [0.4, 0.5) is 0 Å². The van der Waals surface area contributed by atoms with Gasteiger partial charge >= 0.3 is 0 Å². The number of aromatic amines is 1. The van der Waals surface area contributed by atoms with Crippen molar-refractivity contribution in [3.63, 3.8) is 0 Å². The van der Waals surface area contributed by atoms with Gasteiger partial charge in [-0.3, -0.25) is 15.0 Å². The molecule has 1 N–H and O–H groups in total. The Morgan fingerprint density at radius 2 is 1.76 bits per heavy atom. The number of H-pyrrole nitrogens is 1. The number of benzene rings is 2. The number of likely N-dealkylation sites (tertiary alicyclic amines) is 1. The van der Waals surface area contributed by atoms with E-state index in [9.17, 15) is 0 Å². The van der Waals surface area contributed by atoms with Crippen molar-refractivity contribution < 1.29 is 0 Å². The number of pyridine rings is 1. The molecule has 6 heterocycles. The molecule has 2 aliphatic rings. The van der Waals surface area contributed by atoms with Crippen molar-refractivity contribution in [1.82, 2.24) is 39.7 Å². The lowest BCUT2D eigenvalue weighted by Gasteiger charge is -2.31. The van der Waals surface area contributed by atoms with E-state index in [1.54, 1.807) is 0 Å². The van der Waals surface area contributed by atoms with Gasteiger partial charge in [-0.05, 0) is 69.5 Å². The number of hydrogen-bond donors (Lipinski definition) is 1. The molecule has 9 heteroatoms. The summed E-state index contributed by atoms with van der Waals surface area (Å²) in [4.78, 5) is 21.9. The summed E-state index contributed by atoms with van der Waals surface area (Å²) in [7, 11) is 0. The van der Waals surface area contributed by atoms with Crippen LogP contribution in [0, 0.1) is 6.92 Å². The van der Waals surface area contributed by atoms with E-state index >= 15 is 0 Å². The van der Waals surface area contributed by atoms with Crippen molar-refractivity contribution in [3.05, 3.63) is 108 Å². The first-order valence-corrected chi connectivity index (χ1v) is 15.8. The largest absolute Gasteiger partial charge is 0.299 e. The molecule has 0 bridgehead atoms. The van der Waals surface area contributed by atoms with Crippen LogP contribution in [0.3, 0.4) is 0 Å². The predicted octanol–water partition coefficient (Wildman–Crippen LogP) is 6.56. The standard InChI is InChI=1S/C36H35N9/c1-23-7-6-10-31(38-23)35-40-34(41-42-35)28-15-17-44(18-16-28)22-25-11-13-27(14-12-25)33-30(26-8-4-3-5-9-26)20-29-21-37-32-19-24(2)43-45(32)36(29)39-33/h3-6,8-14,19-21,23,28H,7,15-18,22H2,1-2H3,(H,40,41,42)/t23-/m1/s1. The van der Waals surface area contributed by atoms with Crippen LogP contribution in [0.5, 0.6) is 0 Å². The Kier molecular flexibility index (Phi) is 7.02. The molecule has 8 rings (SSSR count). The highest BCUT2D eigenvalue weighted by Crippen LogP contribution is 2.34. The van der Waals surface area contributed by atoms with Gasteiger partial charge in [-0.15, -0.1) is 0 Å². The Morgan fingerprint density at radius 3 is 2.56 bits per heavy atom. The van der Waals surface area contributed by atoms with Crippen LogP contribution < -0.4 is 0 Å². The van der Waals surface area contributed by atoms with Crippen LogP contribution in [-0.4, -0.2) is 64.5 Å². The molecule has 45 heavy (non-hydrogen) atoms. The quantitative estimate of drug-likeness (QED) is 0.235. The van der Waals surface area contributed by atoms with E-state index in [1.807, 2.05) is 35.8 Å². The van der Waals surface area contributed by atoms with E-state index in [2.05, 4.69) is 92.8 Å². The molecular weight excluding hydrogens is 558 g/mol. The number of aliphatic imine (C=N–C) groups is 1. The minimum Gasteiger partial charge on any atom is -0.299 e. The molecule has 1 fully saturated rings. The highest BCUT2D eigenvalue weighted by atomic mass is 15.3. The van der Waals surface area contributed by atoms with E-state index in [1.165, 1.54) is 5.56 Å². The Morgan fingerprint density at radius 1 is 0.933 bits per heavy atom. The fraction of sp³-hybridized carbons (Fsp3) is 0.278. The number of rotatable bonds is 6. The first kappa shape index (κ1) is 27.5. The fourth-order valence-corrected chi connectivity index (χ4v) is 6.52. The zero-order chi connectivity index (χ0) is 30.3. The Bertz CT molecular complexity index is 2050. The van der Waals surface area contributed by atoms with Gasteiger partial charge in [-0.2, -0.15) is 14.7 Å². The highest BCUT2D eigenvalue weighted by Gasteiger charge is 2.24. The van der Waals surface area contributed by atoms with Gasteiger partial charge in [0.1, 0.15) is 11.5 Å². The van der Waals surface area contributed by atoms with E-state index in [0.717, 1.165) is 95.2 Å². The second-order valence-electron chi connectivity index (χ2n) is 12.3. The summed E-state index contributed by atoms with van der Waals surface area (Å²) >= 11 is 0. The molecule has 0 radical (unpaired) electrons. The van der Waals surface area contributed by atoms with Crippen molar-refractivity contribution in [2.45, 2.75) is 51.6 Å². The van der Waals surface area contributed by atoms with E-state index < -0.39 is 0 Å². The number of nitrogens with one attached hydrogen (secondary N) is 1. The topological polar surface area (TPSA) is 100 Å². The lowest BCUT2D eigenvalue weighted by atomic mass is 9.95. The van der Waals surface area contributed by atoms with Gasteiger partial charge in [0.05, 0.1) is 17.4 Å². The van der Waals surface area contributed by atoms with Crippen LogP contribution >= 0.6 is 0 Å². The minimum atomic E-state index is 0.286. The summed E-state index contributed by atoms with van der Waals surface area (Å²) in [6.07, 6.45) is 9.18. The molecule has 0 spiro atoms. The molecule has 4 aromatic heterocycles. The van der Waals surface area contributed by atoms with Gasteiger partial charge in [0.2, 0.25) is 0 Å². The summed E-state index contributed by atoms with van der Waals surface area (Å²) in [6.45, 7) is 7.08. The van der Waals surface area contributed by atoms with Crippen LogP contribution in [0.1, 0.15) is 55.0 Å². The number of nitrogens with zero attached hydrogens (tertiary/aromatic N) is 8. The van der Waals surface area contributed by atoms with Crippen LogP contribution in [0.25, 0.3) is 39.1 Å². The molecule has 0 saturated carbocycles. The number of aromatic nitrogens is 7. The summed E-state index contributed by atoms with van der Waals surface area (Å²) < 4.78 is 1.85. The maximum atomic E-state index is 5.21. The smallest absolute Gasteiger partial charge is 0.199 e. The van der Waals surface area contributed by atoms with Crippen LogP contribution in [-0.2, 0) is 6.54 Å². The van der Waals surface area contributed by atoms with E-state index in [-0.39, 0.29) is 6.04 Å². The van der Waals surface area contributed by atoms with Crippen molar-refractivity contribution in [1.29, 1.82) is 0 Å². The van der Waals surface area contributed by atoms with Crippen LogP contribution in [0.2, 0.25) is 0 Å². The normalized spacial score (nSPS) is 17.7. The number of allylic oxidation sites excluding steroid dienone is 1. The van der Waals surface area contributed by atoms with Gasteiger partial charge in [0.15, 0.2) is 17.1 Å².